The van der Waals surface area contributed by atoms with Gasteiger partial charge in [0.15, 0.2) is 0 Å². The number of hydrogen-bond donors (Lipinski definition) is 0. The zero-order chi connectivity index (χ0) is 19.5. The molecule has 0 aromatic rings. The van der Waals surface area contributed by atoms with Crippen LogP contribution in [0.15, 0.2) is 0 Å². The molecule has 0 bridgehead atoms. The predicted molar refractivity (Wildman–Crippen MR) is 107 cm³/mol. The number of rotatable bonds is 18. The van der Waals surface area contributed by atoms with Crippen LogP contribution in [0.5, 0.6) is 0 Å². The van der Waals surface area contributed by atoms with Gasteiger partial charge in [-0.3, -0.25) is 9.59 Å². The van der Waals surface area contributed by atoms with E-state index in [0.717, 1.165) is 32.1 Å². The van der Waals surface area contributed by atoms with Gasteiger partial charge in [-0.05, 0) is 33.1 Å². The summed E-state index contributed by atoms with van der Waals surface area (Å²) in [4.78, 5) is 23.0. The van der Waals surface area contributed by atoms with Crippen LogP contribution in [-0.2, 0) is 19.1 Å². The molecule has 4 heteroatoms. The third kappa shape index (κ3) is 19.3. The largest absolute Gasteiger partial charge is 0.466 e. The molecule has 26 heavy (non-hydrogen) atoms. The fourth-order valence-corrected chi connectivity index (χ4v) is 2.88. The van der Waals surface area contributed by atoms with E-state index in [9.17, 15) is 9.59 Å². The average Bonchev–Trinajstić information content (AvgIpc) is 2.58. The van der Waals surface area contributed by atoms with E-state index in [1.54, 1.807) is 0 Å². The molecule has 0 radical (unpaired) electrons. The summed E-state index contributed by atoms with van der Waals surface area (Å²) in [5.74, 6) is -0.255. The molecule has 0 amide bonds. The first-order valence-corrected chi connectivity index (χ1v) is 10.9. The molecule has 0 heterocycles. The number of esters is 2. The van der Waals surface area contributed by atoms with Crippen molar-refractivity contribution in [3.05, 3.63) is 0 Å². The van der Waals surface area contributed by atoms with Crippen molar-refractivity contribution >= 4 is 11.9 Å². The standard InChI is InChI=1S/C22H42O4/c1-4-5-6-7-8-9-10-11-12-16-19-25-21(23)17-14-13-15-18-22(24)26-20(2)3/h20H,4-19H2,1-3H3. The molecular weight excluding hydrogens is 328 g/mol. The van der Waals surface area contributed by atoms with E-state index < -0.39 is 0 Å². The number of ether oxygens (including phenoxy) is 2. The molecule has 0 rings (SSSR count). The molecule has 0 aliphatic heterocycles. The highest BCUT2D eigenvalue weighted by Gasteiger charge is 2.06. The highest BCUT2D eigenvalue weighted by molar-refractivity contribution is 5.70. The second-order valence-electron chi connectivity index (χ2n) is 7.50. The van der Waals surface area contributed by atoms with Crippen molar-refractivity contribution in [3.63, 3.8) is 0 Å². The maximum atomic E-state index is 11.6. The molecule has 0 spiro atoms. The van der Waals surface area contributed by atoms with Gasteiger partial charge in [0, 0.05) is 12.8 Å². The molecule has 154 valence electrons. The summed E-state index contributed by atoms with van der Waals surface area (Å²) >= 11 is 0. The summed E-state index contributed by atoms with van der Waals surface area (Å²) in [6.45, 7) is 6.50. The minimum Gasteiger partial charge on any atom is -0.466 e. The minimum atomic E-state index is -0.150. The Morgan fingerprint density at radius 1 is 0.654 bits per heavy atom. The van der Waals surface area contributed by atoms with E-state index in [0.29, 0.717) is 19.4 Å². The SMILES string of the molecule is CCCCCCCCCCCCOC(=O)CCCCCC(=O)OC(C)C. The molecule has 0 fully saturated rings. The molecule has 0 saturated carbocycles. The average molecular weight is 371 g/mol. The van der Waals surface area contributed by atoms with Crippen LogP contribution < -0.4 is 0 Å². The number of carbonyl (C=O) groups is 2. The maximum Gasteiger partial charge on any atom is 0.306 e. The van der Waals surface area contributed by atoms with Crippen LogP contribution in [0.4, 0.5) is 0 Å². The molecule has 0 aliphatic carbocycles. The Labute approximate surface area is 161 Å². The van der Waals surface area contributed by atoms with Crippen LogP contribution in [0, 0.1) is 0 Å². The van der Waals surface area contributed by atoms with Crippen LogP contribution >= 0.6 is 0 Å². The molecule has 4 nitrogen and oxygen atoms in total. The van der Waals surface area contributed by atoms with Crippen molar-refractivity contribution in [1.29, 1.82) is 0 Å². The second-order valence-corrected chi connectivity index (χ2v) is 7.50. The quantitative estimate of drug-likeness (QED) is 0.208. The van der Waals surface area contributed by atoms with Crippen molar-refractivity contribution < 1.29 is 19.1 Å². The van der Waals surface area contributed by atoms with E-state index >= 15 is 0 Å². The summed E-state index contributed by atoms with van der Waals surface area (Å²) in [5, 5.41) is 0. The van der Waals surface area contributed by atoms with Crippen molar-refractivity contribution in [2.45, 2.75) is 123 Å². The fraction of sp³-hybridized carbons (Fsp3) is 0.909. The first kappa shape index (κ1) is 24.9. The highest BCUT2D eigenvalue weighted by atomic mass is 16.5. The van der Waals surface area contributed by atoms with Gasteiger partial charge < -0.3 is 9.47 Å². The Morgan fingerprint density at radius 3 is 1.65 bits per heavy atom. The van der Waals surface area contributed by atoms with E-state index in [1.807, 2.05) is 13.8 Å². The zero-order valence-electron chi connectivity index (χ0n) is 17.5. The Bertz CT molecular complexity index is 339. The molecule has 0 atom stereocenters. The van der Waals surface area contributed by atoms with E-state index in [2.05, 4.69) is 6.92 Å². The van der Waals surface area contributed by atoms with Crippen molar-refractivity contribution in [3.8, 4) is 0 Å². The van der Waals surface area contributed by atoms with Crippen molar-refractivity contribution in [2.75, 3.05) is 6.61 Å². The van der Waals surface area contributed by atoms with Gasteiger partial charge in [0.1, 0.15) is 0 Å². The molecular formula is C22H42O4. The van der Waals surface area contributed by atoms with Gasteiger partial charge in [-0.25, -0.2) is 0 Å². The zero-order valence-corrected chi connectivity index (χ0v) is 17.5. The lowest BCUT2D eigenvalue weighted by atomic mass is 10.1. The van der Waals surface area contributed by atoms with Gasteiger partial charge in [0.25, 0.3) is 0 Å². The smallest absolute Gasteiger partial charge is 0.306 e. The molecule has 0 saturated heterocycles. The van der Waals surface area contributed by atoms with Crippen molar-refractivity contribution in [1.82, 2.24) is 0 Å². The monoisotopic (exact) mass is 370 g/mol. The van der Waals surface area contributed by atoms with E-state index in [-0.39, 0.29) is 18.0 Å². The summed E-state index contributed by atoms with van der Waals surface area (Å²) in [6.07, 6.45) is 16.1. The lowest BCUT2D eigenvalue weighted by Gasteiger charge is -2.07. The Balaban J connectivity index is 3.26. The summed E-state index contributed by atoms with van der Waals surface area (Å²) in [7, 11) is 0. The summed E-state index contributed by atoms with van der Waals surface area (Å²) in [6, 6.07) is 0. The van der Waals surface area contributed by atoms with Gasteiger partial charge in [0.05, 0.1) is 12.7 Å². The topological polar surface area (TPSA) is 52.6 Å². The number of unbranched alkanes of at least 4 members (excludes halogenated alkanes) is 11. The normalized spacial score (nSPS) is 10.9. The van der Waals surface area contributed by atoms with E-state index in [1.165, 1.54) is 51.4 Å². The first-order valence-electron chi connectivity index (χ1n) is 10.9. The summed E-state index contributed by atoms with van der Waals surface area (Å²) in [5.41, 5.74) is 0. The Kier molecular flexibility index (Phi) is 18.0. The molecule has 0 aromatic carbocycles. The maximum absolute atomic E-state index is 11.6. The predicted octanol–water partition coefficient (Wildman–Crippen LogP) is 6.35. The van der Waals surface area contributed by atoms with Gasteiger partial charge in [-0.15, -0.1) is 0 Å². The molecule has 0 aliphatic rings. The van der Waals surface area contributed by atoms with Crippen LogP contribution in [0.25, 0.3) is 0 Å². The lowest BCUT2D eigenvalue weighted by Crippen LogP contribution is -2.11. The van der Waals surface area contributed by atoms with Crippen LogP contribution in [-0.4, -0.2) is 24.6 Å². The van der Waals surface area contributed by atoms with Gasteiger partial charge >= 0.3 is 11.9 Å². The fourth-order valence-electron chi connectivity index (χ4n) is 2.88. The molecule has 0 N–H and O–H groups in total. The molecule has 0 unspecified atom stereocenters. The molecule has 0 aromatic heterocycles. The minimum absolute atomic E-state index is 0.0525. The van der Waals surface area contributed by atoms with E-state index in [4.69, 9.17) is 9.47 Å². The third-order valence-corrected chi connectivity index (χ3v) is 4.39. The van der Waals surface area contributed by atoms with Crippen LogP contribution in [0.1, 0.15) is 117 Å². The van der Waals surface area contributed by atoms with Gasteiger partial charge in [0.2, 0.25) is 0 Å². The highest BCUT2D eigenvalue weighted by Crippen LogP contribution is 2.11. The van der Waals surface area contributed by atoms with Crippen LogP contribution in [0.2, 0.25) is 0 Å². The van der Waals surface area contributed by atoms with Crippen LogP contribution in [0.3, 0.4) is 0 Å². The number of carbonyl (C=O) groups excluding carboxylic acids is 2. The first-order chi connectivity index (χ1) is 12.6. The summed E-state index contributed by atoms with van der Waals surface area (Å²) < 4.78 is 10.3. The van der Waals surface area contributed by atoms with Gasteiger partial charge in [-0.2, -0.15) is 0 Å². The Hall–Kier alpha value is -1.06. The number of hydrogen-bond acceptors (Lipinski definition) is 4. The Morgan fingerprint density at radius 2 is 1.12 bits per heavy atom. The second kappa shape index (κ2) is 18.7. The lowest BCUT2D eigenvalue weighted by molar-refractivity contribution is -0.147. The third-order valence-electron chi connectivity index (χ3n) is 4.39. The van der Waals surface area contributed by atoms with Gasteiger partial charge in [-0.1, -0.05) is 71.1 Å². The van der Waals surface area contributed by atoms with Crippen molar-refractivity contribution in [2.24, 2.45) is 0 Å².